The van der Waals surface area contributed by atoms with Gasteiger partial charge in [-0.2, -0.15) is 4.31 Å². The lowest BCUT2D eigenvalue weighted by Gasteiger charge is -2.40. The minimum atomic E-state index is -3.85. The summed E-state index contributed by atoms with van der Waals surface area (Å²) in [7, 11) is -3.85. The number of carbonyl (C=O) groups excluding carboxylic acids is 1. The van der Waals surface area contributed by atoms with Crippen LogP contribution >= 0.6 is 0 Å². The Kier molecular flexibility index (Phi) is 8.51. The van der Waals surface area contributed by atoms with Gasteiger partial charge < -0.3 is 4.90 Å². The van der Waals surface area contributed by atoms with Gasteiger partial charge in [0.05, 0.1) is 17.5 Å². The SMILES string of the molecule is O=C(CN(Cc1ccccc1)S(=O)(=O)c1ccccc1)N1CCN(C(c2ccccc2)c2ccccc2)CC1. The summed E-state index contributed by atoms with van der Waals surface area (Å²) < 4.78 is 28.4. The van der Waals surface area contributed by atoms with E-state index >= 15 is 0 Å². The van der Waals surface area contributed by atoms with Crippen LogP contribution in [0.5, 0.6) is 0 Å². The second-order valence-corrected chi connectivity index (χ2v) is 11.7. The fourth-order valence-electron chi connectivity index (χ4n) is 5.12. The van der Waals surface area contributed by atoms with Crippen molar-refractivity contribution in [2.24, 2.45) is 0 Å². The van der Waals surface area contributed by atoms with Gasteiger partial charge in [0, 0.05) is 32.7 Å². The minimum Gasteiger partial charge on any atom is -0.339 e. The highest BCUT2D eigenvalue weighted by Gasteiger charge is 2.32. The van der Waals surface area contributed by atoms with Gasteiger partial charge in [-0.3, -0.25) is 9.69 Å². The predicted octanol–water partition coefficient (Wildman–Crippen LogP) is 4.81. The quantitative estimate of drug-likeness (QED) is 0.306. The third-order valence-electron chi connectivity index (χ3n) is 7.16. The van der Waals surface area contributed by atoms with Gasteiger partial charge >= 0.3 is 0 Å². The monoisotopic (exact) mass is 539 g/mol. The molecule has 1 heterocycles. The van der Waals surface area contributed by atoms with Crippen LogP contribution in [0.3, 0.4) is 0 Å². The molecule has 4 aromatic carbocycles. The lowest BCUT2D eigenvalue weighted by molar-refractivity contribution is -0.133. The molecule has 39 heavy (non-hydrogen) atoms. The van der Waals surface area contributed by atoms with Crippen LogP contribution in [0.15, 0.2) is 126 Å². The number of nitrogens with zero attached hydrogens (tertiary/aromatic N) is 3. The first kappa shape index (κ1) is 26.8. The molecule has 0 atom stereocenters. The van der Waals surface area contributed by atoms with Gasteiger partial charge in [0.25, 0.3) is 0 Å². The highest BCUT2D eigenvalue weighted by atomic mass is 32.2. The summed E-state index contributed by atoms with van der Waals surface area (Å²) >= 11 is 0. The highest BCUT2D eigenvalue weighted by Crippen LogP contribution is 2.29. The average molecular weight is 540 g/mol. The van der Waals surface area contributed by atoms with Gasteiger partial charge in [-0.1, -0.05) is 109 Å². The van der Waals surface area contributed by atoms with Crippen molar-refractivity contribution in [1.82, 2.24) is 14.1 Å². The van der Waals surface area contributed by atoms with E-state index in [2.05, 4.69) is 53.4 Å². The number of rotatable bonds is 9. The number of hydrogen-bond acceptors (Lipinski definition) is 4. The van der Waals surface area contributed by atoms with E-state index in [1.807, 2.05) is 42.5 Å². The molecule has 0 aliphatic carbocycles. The Morgan fingerprint density at radius 3 is 1.64 bits per heavy atom. The molecule has 1 amide bonds. The number of carbonyl (C=O) groups is 1. The molecule has 5 rings (SSSR count). The molecule has 0 spiro atoms. The number of hydrogen-bond donors (Lipinski definition) is 0. The van der Waals surface area contributed by atoms with Crippen molar-refractivity contribution < 1.29 is 13.2 Å². The van der Waals surface area contributed by atoms with Crippen molar-refractivity contribution in [3.63, 3.8) is 0 Å². The van der Waals surface area contributed by atoms with E-state index in [1.165, 1.54) is 15.4 Å². The summed E-state index contributed by atoms with van der Waals surface area (Å²) in [6.07, 6.45) is 0. The van der Waals surface area contributed by atoms with Gasteiger partial charge in [-0.15, -0.1) is 0 Å². The first-order chi connectivity index (χ1) is 19.0. The molecular weight excluding hydrogens is 506 g/mol. The maximum absolute atomic E-state index is 13.6. The molecule has 0 bridgehead atoms. The van der Waals surface area contributed by atoms with Gasteiger partial charge in [0.15, 0.2) is 0 Å². The topological polar surface area (TPSA) is 60.9 Å². The zero-order chi connectivity index (χ0) is 27.1. The van der Waals surface area contributed by atoms with Crippen LogP contribution in [0.25, 0.3) is 0 Å². The summed E-state index contributed by atoms with van der Waals surface area (Å²) in [5, 5.41) is 0. The molecule has 4 aromatic rings. The van der Waals surface area contributed by atoms with E-state index < -0.39 is 10.0 Å². The highest BCUT2D eigenvalue weighted by molar-refractivity contribution is 7.89. The number of sulfonamides is 1. The molecule has 1 fully saturated rings. The summed E-state index contributed by atoms with van der Waals surface area (Å²) in [4.78, 5) is 17.9. The summed E-state index contributed by atoms with van der Waals surface area (Å²) in [5.41, 5.74) is 3.26. The van der Waals surface area contributed by atoms with Gasteiger partial charge in [0.1, 0.15) is 0 Å². The van der Waals surface area contributed by atoms with Crippen molar-refractivity contribution in [3.05, 3.63) is 138 Å². The Bertz CT molecular complexity index is 1400. The number of piperazine rings is 1. The molecule has 1 aliphatic rings. The fraction of sp³-hybridized carbons (Fsp3) is 0.219. The Hall–Kier alpha value is -3.78. The second kappa shape index (κ2) is 12.4. The van der Waals surface area contributed by atoms with Gasteiger partial charge in [-0.25, -0.2) is 8.42 Å². The lowest BCUT2D eigenvalue weighted by atomic mass is 9.96. The maximum Gasteiger partial charge on any atom is 0.243 e. The van der Waals surface area contributed by atoms with E-state index in [-0.39, 0.29) is 29.9 Å². The average Bonchev–Trinajstić information content (AvgIpc) is 2.99. The Labute approximate surface area is 231 Å². The van der Waals surface area contributed by atoms with Crippen molar-refractivity contribution in [2.75, 3.05) is 32.7 Å². The zero-order valence-electron chi connectivity index (χ0n) is 21.8. The molecule has 7 heteroatoms. The first-order valence-corrected chi connectivity index (χ1v) is 14.7. The van der Waals surface area contributed by atoms with Crippen LogP contribution in [-0.4, -0.2) is 61.2 Å². The van der Waals surface area contributed by atoms with Crippen LogP contribution in [0.4, 0.5) is 0 Å². The van der Waals surface area contributed by atoms with E-state index in [0.717, 1.165) is 5.56 Å². The van der Waals surface area contributed by atoms with Crippen LogP contribution in [-0.2, 0) is 21.4 Å². The molecule has 1 saturated heterocycles. The Balaban J connectivity index is 1.31. The molecule has 0 aromatic heterocycles. The van der Waals surface area contributed by atoms with Crippen molar-refractivity contribution in [2.45, 2.75) is 17.5 Å². The van der Waals surface area contributed by atoms with Gasteiger partial charge in [-0.05, 0) is 28.8 Å². The molecule has 0 radical (unpaired) electrons. The largest absolute Gasteiger partial charge is 0.339 e. The number of benzene rings is 4. The predicted molar refractivity (Wildman–Crippen MR) is 153 cm³/mol. The second-order valence-electron chi connectivity index (χ2n) is 9.71. The van der Waals surface area contributed by atoms with Gasteiger partial charge in [0.2, 0.25) is 15.9 Å². The first-order valence-electron chi connectivity index (χ1n) is 13.2. The molecule has 0 saturated carbocycles. The Morgan fingerprint density at radius 1 is 0.667 bits per heavy atom. The van der Waals surface area contributed by atoms with E-state index in [9.17, 15) is 13.2 Å². The van der Waals surface area contributed by atoms with E-state index in [1.54, 1.807) is 35.2 Å². The minimum absolute atomic E-state index is 0.0951. The molecule has 1 aliphatic heterocycles. The Morgan fingerprint density at radius 2 is 1.13 bits per heavy atom. The normalized spacial score (nSPS) is 14.6. The van der Waals surface area contributed by atoms with Crippen molar-refractivity contribution >= 4 is 15.9 Å². The summed E-state index contributed by atoms with van der Waals surface area (Å²) in [6.45, 7) is 2.41. The zero-order valence-corrected chi connectivity index (χ0v) is 22.7. The molecule has 0 unspecified atom stereocenters. The smallest absolute Gasteiger partial charge is 0.243 e. The van der Waals surface area contributed by atoms with Crippen molar-refractivity contribution in [1.29, 1.82) is 0 Å². The summed E-state index contributed by atoms with van der Waals surface area (Å²) in [6, 6.07) is 38.7. The molecule has 0 N–H and O–H groups in total. The van der Waals surface area contributed by atoms with Crippen molar-refractivity contribution in [3.8, 4) is 0 Å². The molecule has 200 valence electrons. The third kappa shape index (κ3) is 6.45. The van der Waals surface area contributed by atoms with Crippen LogP contribution in [0, 0.1) is 0 Å². The standard InChI is InChI=1S/C32H33N3O3S/c36-31(26-35(25-27-13-5-1-6-14-27)39(37,38)30-19-11-4-12-20-30)33-21-23-34(24-22-33)32(28-15-7-2-8-16-28)29-17-9-3-10-18-29/h1-20,32H,21-26H2. The van der Waals surface area contributed by atoms with E-state index in [0.29, 0.717) is 26.2 Å². The van der Waals surface area contributed by atoms with E-state index in [4.69, 9.17) is 0 Å². The molecule has 6 nitrogen and oxygen atoms in total. The third-order valence-corrected chi connectivity index (χ3v) is 8.96. The fourth-order valence-corrected chi connectivity index (χ4v) is 6.52. The lowest BCUT2D eigenvalue weighted by Crippen LogP contribution is -2.52. The van der Waals surface area contributed by atoms with Crippen LogP contribution < -0.4 is 0 Å². The maximum atomic E-state index is 13.6. The number of amides is 1. The molecular formula is C32H33N3O3S. The van der Waals surface area contributed by atoms with Crippen LogP contribution in [0.1, 0.15) is 22.7 Å². The summed E-state index contributed by atoms with van der Waals surface area (Å²) in [5.74, 6) is -0.180. The van der Waals surface area contributed by atoms with Crippen LogP contribution in [0.2, 0.25) is 0 Å².